The Balaban J connectivity index is 2.23. The van der Waals surface area contributed by atoms with Crippen LogP contribution in [-0.2, 0) is 9.53 Å². The highest BCUT2D eigenvalue weighted by atomic mass is 32.1. The van der Waals surface area contributed by atoms with Crippen LogP contribution in [-0.4, -0.2) is 42.5 Å². The normalized spacial score (nSPS) is 20.2. The van der Waals surface area contributed by atoms with Crippen LogP contribution in [0.5, 0.6) is 0 Å². The van der Waals surface area contributed by atoms with Gasteiger partial charge in [0.25, 0.3) is 5.91 Å². The number of nitrogen functional groups attached to an aromatic ring is 1. The number of nitrogens with zero attached hydrogens (tertiary/aromatic N) is 1. The Kier molecular flexibility index (Phi) is 3.30. The molecule has 1 saturated heterocycles. The number of carbonyl (C=O) groups excluding carboxylic acids is 2. The van der Waals surface area contributed by atoms with Gasteiger partial charge in [-0.1, -0.05) is 0 Å². The minimum atomic E-state index is -0.710. The quantitative estimate of drug-likeness (QED) is 0.755. The summed E-state index contributed by atoms with van der Waals surface area (Å²) < 4.78 is 5.15. The third-order valence-electron chi connectivity index (χ3n) is 2.61. The lowest BCUT2D eigenvalue weighted by Crippen LogP contribution is -2.54. The second kappa shape index (κ2) is 4.72. The van der Waals surface area contributed by atoms with Crippen LogP contribution >= 0.6 is 11.3 Å². The van der Waals surface area contributed by atoms with Crippen molar-refractivity contribution in [3.05, 3.63) is 16.3 Å². The second-order valence-electron chi connectivity index (χ2n) is 3.70. The van der Waals surface area contributed by atoms with E-state index in [0.29, 0.717) is 23.7 Å². The highest BCUT2D eigenvalue weighted by Gasteiger charge is 2.33. The zero-order valence-corrected chi connectivity index (χ0v) is 9.90. The lowest BCUT2D eigenvalue weighted by molar-refractivity contribution is -0.127. The number of ether oxygens (including phenoxy) is 1. The number of hydrogen-bond donors (Lipinski definition) is 2. The SMILES string of the molecule is NC(=O)C1COCCN1C(=O)c1sccc1N. The first-order valence-corrected chi connectivity index (χ1v) is 6.00. The zero-order chi connectivity index (χ0) is 12.4. The second-order valence-corrected chi connectivity index (χ2v) is 4.61. The van der Waals surface area contributed by atoms with Crippen molar-refractivity contribution in [1.29, 1.82) is 0 Å². The van der Waals surface area contributed by atoms with E-state index in [4.69, 9.17) is 16.2 Å². The van der Waals surface area contributed by atoms with Crippen LogP contribution in [0, 0.1) is 0 Å². The summed E-state index contributed by atoms with van der Waals surface area (Å²) in [5.74, 6) is -0.822. The topological polar surface area (TPSA) is 98.7 Å². The molecule has 0 saturated carbocycles. The molecule has 0 radical (unpaired) electrons. The van der Waals surface area contributed by atoms with Crippen LogP contribution < -0.4 is 11.5 Å². The van der Waals surface area contributed by atoms with Crippen LogP contribution in [0.15, 0.2) is 11.4 Å². The van der Waals surface area contributed by atoms with Crippen molar-refractivity contribution in [1.82, 2.24) is 4.90 Å². The smallest absolute Gasteiger partial charge is 0.266 e. The fourth-order valence-electron chi connectivity index (χ4n) is 1.71. The van der Waals surface area contributed by atoms with E-state index in [1.54, 1.807) is 11.4 Å². The number of nitrogens with two attached hydrogens (primary N) is 2. The van der Waals surface area contributed by atoms with Crippen molar-refractivity contribution in [3.8, 4) is 0 Å². The summed E-state index contributed by atoms with van der Waals surface area (Å²) >= 11 is 1.26. The van der Waals surface area contributed by atoms with E-state index >= 15 is 0 Å². The molecular formula is C10H13N3O3S. The Bertz CT molecular complexity index is 446. The molecule has 1 aliphatic rings. The van der Waals surface area contributed by atoms with Gasteiger partial charge < -0.3 is 21.1 Å². The molecule has 17 heavy (non-hydrogen) atoms. The molecule has 2 amide bonds. The molecule has 0 aliphatic carbocycles. The van der Waals surface area contributed by atoms with E-state index in [1.807, 2.05) is 0 Å². The van der Waals surface area contributed by atoms with Crippen LogP contribution in [0.4, 0.5) is 5.69 Å². The lowest BCUT2D eigenvalue weighted by Gasteiger charge is -2.33. The highest BCUT2D eigenvalue weighted by molar-refractivity contribution is 7.12. The van der Waals surface area contributed by atoms with E-state index in [0.717, 1.165) is 0 Å². The molecule has 2 heterocycles. The first-order chi connectivity index (χ1) is 8.11. The summed E-state index contributed by atoms with van der Waals surface area (Å²) in [7, 11) is 0. The van der Waals surface area contributed by atoms with Crippen molar-refractivity contribution in [2.24, 2.45) is 5.73 Å². The van der Waals surface area contributed by atoms with Gasteiger partial charge in [-0.3, -0.25) is 9.59 Å². The summed E-state index contributed by atoms with van der Waals surface area (Å²) in [4.78, 5) is 25.3. The number of rotatable bonds is 2. The van der Waals surface area contributed by atoms with Gasteiger partial charge >= 0.3 is 0 Å². The summed E-state index contributed by atoms with van der Waals surface area (Å²) in [6.07, 6.45) is 0. The van der Waals surface area contributed by atoms with E-state index in [1.165, 1.54) is 16.2 Å². The molecule has 1 atom stereocenters. The van der Waals surface area contributed by atoms with Gasteiger partial charge in [0, 0.05) is 6.54 Å². The number of primary amides is 1. The maximum atomic E-state index is 12.2. The van der Waals surface area contributed by atoms with Crippen molar-refractivity contribution in [2.45, 2.75) is 6.04 Å². The van der Waals surface area contributed by atoms with E-state index in [9.17, 15) is 9.59 Å². The van der Waals surface area contributed by atoms with Gasteiger partial charge in [0.15, 0.2) is 0 Å². The molecule has 1 aromatic heterocycles. The number of hydrogen-bond acceptors (Lipinski definition) is 5. The molecule has 1 aliphatic heterocycles. The third kappa shape index (κ3) is 2.25. The maximum Gasteiger partial charge on any atom is 0.266 e. The fraction of sp³-hybridized carbons (Fsp3) is 0.400. The minimum absolute atomic E-state index is 0.145. The standard InChI is InChI=1S/C10H13N3O3S/c11-6-1-4-17-8(6)10(15)13-2-3-16-5-7(13)9(12)14/h1,4,7H,2-3,5,11H2,(H2,12,14). The summed E-state index contributed by atoms with van der Waals surface area (Å²) in [6.45, 7) is 0.900. The zero-order valence-electron chi connectivity index (χ0n) is 9.09. The van der Waals surface area contributed by atoms with E-state index < -0.39 is 11.9 Å². The summed E-state index contributed by atoms with van der Waals surface area (Å²) in [6, 6.07) is 0.954. The molecule has 0 bridgehead atoms. The highest BCUT2D eigenvalue weighted by Crippen LogP contribution is 2.22. The van der Waals surface area contributed by atoms with Gasteiger partial charge in [0.1, 0.15) is 10.9 Å². The molecule has 4 N–H and O–H groups in total. The Morgan fingerprint density at radius 1 is 1.53 bits per heavy atom. The minimum Gasteiger partial charge on any atom is -0.397 e. The van der Waals surface area contributed by atoms with Crippen molar-refractivity contribution >= 4 is 28.8 Å². The maximum absolute atomic E-state index is 12.2. The number of thiophene rings is 1. The number of carbonyl (C=O) groups is 2. The predicted molar refractivity (Wildman–Crippen MR) is 63.6 cm³/mol. The van der Waals surface area contributed by atoms with E-state index in [2.05, 4.69) is 0 Å². The fourth-order valence-corrected chi connectivity index (χ4v) is 2.48. The van der Waals surface area contributed by atoms with Gasteiger partial charge in [-0.25, -0.2) is 0 Å². The van der Waals surface area contributed by atoms with Crippen LogP contribution in [0.3, 0.4) is 0 Å². The molecule has 6 nitrogen and oxygen atoms in total. The van der Waals surface area contributed by atoms with Crippen LogP contribution in [0.25, 0.3) is 0 Å². The third-order valence-corrected chi connectivity index (χ3v) is 3.53. The van der Waals surface area contributed by atoms with Gasteiger partial charge in [-0.05, 0) is 11.4 Å². The lowest BCUT2D eigenvalue weighted by atomic mass is 10.2. The number of anilines is 1. The van der Waals surface area contributed by atoms with Crippen molar-refractivity contribution < 1.29 is 14.3 Å². The van der Waals surface area contributed by atoms with Gasteiger partial charge in [-0.15, -0.1) is 11.3 Å². The molecule has 1 fully saturated rings. The molecular weight excluding hydrogens is 242 g/mol. The molecule has 1 unspecified atom stereocenters. The monoisotopic (exact) mass is 255 g/mol. The molecule has 92 valence electrons. The van der Waals surface area contributed by atoms with Crippen molar-refractivity contribution in [3.63, 3.8) is 0 Å². The number of morpholine rings is 1. The Morgan fingerprint density at radius 2 is 2.29 bits per heavy atom. The van der Waals surface area contributed by atoms with Crippen LogP contribution in [0.2, 0.25) is 0 Å². The number of amides is 2. The van der Waals surface area contributed by atoms with Crippen LogP contribution in [0.1, 0.15) is 9.67 Å². The van der Waals surface area contributed by atoms with Gasteiger partial charge in [-0.2, -0.15) is 0 Å². The first-order valence-electron chi connectivity index (χ1n) is 5.12. The summed E-state index contributed by atoms with van der Waals surface area (Å²) in [5.41, 5.74) is 11.4. The molecule has 1 aromatic rings. The molecule has 7 heteroatoms. The average molecular weight is 255 g/mol. The van der Waals surface area contributed by atoms with Gasteiger partial charge in [0.2, 0.25) is 5.91 Å². The molecule has 0 spiro atoms. The van der Waals surface area contributed by atoms with E-state index in [-0.39, 0.29) is 12.5 Å². The van der Waals surface area contributed by atoms with Gasteiger partial charge in [0.05, 0.1) is 18.9 Å². The molecule has 0 aromatic carbocycles. The largest absolute Gasteiger partial charge is 0.397 e. The predicted octanol–water partition coefficient (Wildman–Crippen LogP) is -0.343. The molecule has 2 rings (SSSR count). The Hall–Kier alpha value is -1.60. The first kappa shape index (κ1) is 11.9. The Morgan fingerprint density at radius 3 is 2.88 bits per heavy atom. The average Bonchev–Trinajstić information content (AvgIpc) is 2.74. The Labute approximate surface area is 102 Å². The summed E-state index contributed by atoms with van der Waals surface area (Å²) in [5, 5.41) is 1.74. The van der Waals surface area contributed by atoms with Crippen molar-refractivity contribution in [2.75, 3.05) is 25.5 Å².